The van der Waals surface area contributed by atoms with Crippen LogP contribution in [-0.2, 0) is 11.2 Å². The van der Waals surface area contributed by atoms with Crippen LogP contribution < -0.4 is 5.32 Å². The lowest BCUT2D eigenvalue weighted by atomic mass is 10.1. The van der Waals surface area contributed by atoms with E-state index in [4.69, 9.17) is 0 Å². The van der Waals surface area contributed by atoms with Gasteiger partial charge in [-0.1, -0.05) is 0 Å². The molecule has 1 aromatic heterocycles. The molecule has 1 heterocycles. The quantitative estimate of drug-likeness (QED) is 0.700. The van der Waals surface area contributed by atoms with Gasteiger partial charge in [-0.15, -0.1) is 0 Å². The average molecular weight is 183 g/mol. The molecule has 0 aromatic carbocycles. The van der Waals surface area contributed by atoms with Crippen LogP contribution in [0.3, 0.4) is 0 Å². The highest BCUT2D eigenvalue weighted by molar-refractivity contribution is 7.07. The monoisotopic (exact) mass is 183 g/mol. The fourth-order valence-electron chi connectivity index (χ4n) is 1.11. The van der Waals surface area contributed by atoms with Crippen LogP contribution >= 0.6 is 11.3 Å². The van der Waals surface area contributed by atoms with E-state index in [9.17, 15) is 4.79 Å². The van der Waals surface area contributed by atoms with Gasteiger partial charge in [-0.25, -0.2) is 0 Å². The van der Waals surface area contributed by atoms with Crippen LogP contribution in [0.1, 0.15) is 12.0 Å². The first-order valence-electron chi connectivity index (χ1n) is 3.98. The molecule has 0 saturated heterocycles. The van der Waals surface area contributed by atoms with E-state index in [1.54, 1.807) is 11.3 Å². The summed E-state index contributed by atoms with van der Waals surface area (Å²) in [6.45, 7) is 0. The van der Waals surface area contributed by atoms with E-state index in [2.05, 4.69) is 22.1 Å². The predicted octanol–water partition coefficient (Wildman–Crippen LogP) is 1.47. The van der Waals surface area contributed by atoms with Crippen LogP contribution in [0.5, 0.6) is 0 Å². The first-order chi connectivity index (χ1) is 5.86. The first-order valence-corrected chi connectivity index (χ1v) is 4.93. The molecule has 0 fully saturated rings. The van der Waals surface area contributed by atoms with E-state index in [0.717, 1.165) is 12.7 Å². The minimum absolute atomic E-state index is 0.289. The summed E-state index contributed by atoms with van der Waals surface area (Å²) < 4.78 is 0. The van der Waals surface area contributed by atoms with Crippen LogP contribution in [0.25, 0.3) is 0 Å². The van der Waals surface area contributed by atoms with Crippen molar-refractivity contribution in [3.8, 4) is 0 Å². The summed E-state index contributed by atoms with van der Waals surface area (Å²) >= 11 is 1.69. The van der Waals surface area contributed by atoms with E-state index in [-0.39, 0.29) is 6.04 Å². The third-order valence-corrected chi connectivity index (χ3v) is 2.58. The maximum atomic E-state index is 10.3. The second-order valence-corrected chi connectivity index (χ2v) is 3.50. The molecule has 1 atom stereocenters. The molecule has 1 aromatic rings. The molecule has 0 bridgehead atoms. The Morgan fingerprint density at radius 2 is 2.58 bits per heavy atom. The van der Waals surface area contributed by atoms with Gasteiger partial charge in [0.2, 0.25) is 0 Å². The largest absolute Gasteiger partial charge is 0.316 e. The SMILES string of the molecule is CN[C@@H](CC=O)Cc1ccsc1. The highest BCUT2D eigenvalue weighted by Crippen LogP contribution is 2.09. The van der Waals surface area contributed by atoms with E-state index in [1.165, 1.54) is 5.56 Å². The molecule has 0 saturated carbocycles. The maximum Gasteiger partial charge on any atom is 0.121 e. The van der Waals surface area contributed by atoms with Crippen molar-refractivity contribution < 1.29 is 4.79 Å². The average Bonchev–Trinajstić information content (AvgIpc) is 2.56. The molecule has 1 N–H and O–H groups in total. The van der Waals surface area contributed by atoms with Gasteiger partial charge in [0.05, 0.1) is 0 Å². The summed E-state index contributed by atoms with van der Waals surface area (Å²) in [4.78, 5) is 10.3. The Morgan fingerprint density at radius 1 is 1.75 bits per heavy atom. The summed E-state index contributed by atoms with van der Waals surface area (Å²) in [6.07, 6.45) is 2.50. The van der Waals surface area contributed by atoms with Crippen molar-refractivity contribution in [2.24, 2.45) is 0 Å². The topological polar surface area (TPSA) is 29.1 Å². The lowest BCUT2D eigenvalue weighted by Gasteiger charge is -2.10. The van der Waals surface area contributed by atoms with Crippen molar-refractivity contribution in [1.29, 1.82) is 0 Å². The van der Waals surface area contributed by atoms with Crippen LogP contribution in [0.2, 0.25) is 0 Å². The number of thiophene rings is 1. The number of rotatable bonds is 5. The number of aldehydes is 1. The fourth-order valence-corrected chi connectivity index (χ4v) is 1.79. The van der Waals surface area contributed by atoms with Crippen LogP contribution in [0.15, 0.2) is 16.8 Å². The molecule has 0 aliphatic rings. The van der Waals surface area contributed by atoms with E-state index in [1.807, 2.05) is 7.05 Å². The van der Waals surface area contributed by atoms with Gasteiger partial charge in [0.15, 0.2) is 0 Å². The molecule has 12 heavy (non-hydrogen) atoms. The van der Waals surface area contributed by atoms with Crippen molar-refractivity contribution in [2.45, 2.75) is 18.9 Å². The Kier molecular flexibility index (Phi) is 3.97. The lowest BCUT2D eigenvalue weighted by molar-refractivity contribution is -0.108. The normalized spacial score (nSPS) is 12.8. The smallest absolute Gasteiger partial charge is 0.121 e. The zero-order valence-electron chi connectivity index (χ0n) is 7.12. The Balaban J connectivity index is 2.42. The molecule has 0 unspecified atom stereocenters. The van der Waals surface area contributed by atoms with E-state index >= 15 is 0 Å². The van der Waals surface area contributed by atoms with Gasteiger partial charge in [-0.2, -0.15) is 11.3 Å². The highest BCUT2D eigenvalue weighted by Gasteiger charge is 2.05. The van der Waals surface area contributed by atoms with E-state index < -0.39 is 0 Å². The van der Waals surface area contributed by atoms with Gasteiger partial charge in [0.25, 0.3) is 0 Å². The summed E-state index contributed by atoms with van der Waals surface area (Å²) in [5.41, 5.74) is 1.31. The molecule has 0 amide bonds. The summed E-state index contributed by atoms with van der Waals surface area (Å²) in [5, 5.41) is 7.29. The second-order valence-electron chi connectivity index (χ2n) is 2.72. The van der Waals surface area contributed by atoms with Crippen molar-refractivity contribution in [3.63, 3.8) is 0 Å². The number of hydrogen-bond donors (Lipinski definition) is 1. The molecule has 1 rings (SSSR count). The molecule has 0 aliphatic heterocycles. The van der Waals surface area contributed by atoms with Gasteiger partial charge in [-0.3, -0.25) is 0 Å². The van der Waals surface area contributed by atoms with Crippen molar-refractivity contribution in [3.05, 3.63) is 22.4 Å². The van der Waals surface area contributed by atoms with Crippen molar-refractivity contribution in [2.75, 3.05) is 7.05 Å². The Labute approximate surface area is 76.6 Å². The Bertz CT molecular complexity index is 220. The van der Waals surface area contributed by atoms with Gasteiger partial charge in [0, 0.05) is 12.5 Å². The summed E-state index contributed by atoms with van der Waals surface area (Å²) in [7, 11) is 1.89. The van der Waals surface area contributed by atoms with Gasteiger partial charge >= 0.3 is 0 Å². The van der Waals surface area contributed by atoms with Gasteiger partial charge < -0.3 is 10.1 Å². The zero-order valence-corrected chi connectivity index (χ0v) is 7.93. The summed E-state index contributed by atoms with van der Waals surface area (Å²) in [6, 6.07) is 2.39. The number of nitrogens with one attached hydrogen (secondary N) is 1. The number of likely N-dealkylation sites (N-methyl/N-ethyl adjacent to an activating group) is 1. The van der Waals surface area contributed by atoms with E-state index in [0.29, 0.717) is 6.42 Å². The summed E-state index contributed by atoms with van der Waals surface area (Å²) in [5.74, 6) is 0. The lowest BCUT2D eigenvalue weighted by Crippen LogP contribution is -2.27. The van der Waals surface area contributed by atoms with Gasteiger partial charge in [0.1, 0.15) is 6.29 Å². The molecule has 0 spiro atoms. The number of hydrogen-bond acceptors (Lipinski definition) is 3. The highest BCUT2D eigenvalue weighted by atomic mass is 32.1. The molecular weight excluding hydrogens is 170 g/mol. The standard InChI is InChI=1S/C9H13NOS/c1-10-9(2-4-11)6-8-3-5-12-7-8/h3-5,7,9-10H,2,6H2,1H3/t9-/m0/s1. The van der Waals surface area contributed by atoms with Crippen LogP contribution in [0.4, 0.5) is 0 Å². The Hall–Kier alpha value is -0.670. The zero-order chi connectivity index (χ0) is 8.81. The third-order valence-electron chi connectivity index (χ3n) is 1.85. The van der Waals surface area contributed by atoms with Gasteiger partial charge in [-0.05, 0) is 35.9 Å². The predicted molar refractivity (Wildman–Crippen MR) is 51.6 cm³/mol. The number of carbonyl (C=O) groups is 1. The van der Waals surface area contributed by atoms with Crippen molar-refractivity contribution in [1.82, 2.24) is 5.32 Å². The molecule has 3 heteroatoms. The molecular formula is C9H13NOS. The minimum Gasteiger partial charge on any atom is -0.316 e. The maximum absolute atomic E-state index is 10.3. The fraction of sp³-hybridized carbons (Fsp3) is 0.444. The Morgan fingerprint density at radius 3 is 3.08 bits per heavy atom. The molecule has 66 valence electrons. The number of carbonyl (C=O) groups excluding carboxylic acids is 1. The first kappa shape index (κ1) is 9.42. The molecule has 0 radical (unpaired) electrons. The molecule has 2 nitrogen and oxygen atoms in total. The molecule has 0 aliphatic carbocycles. The van der Waals surface area contributed by atoms with Crippen molar-refractivity contribution >= 4 is 17.6 Å². The second kappa shape index (κ2) is 5.06. The minimum atomic E-state index is 0.289. The van der Waals surface area contributed by atoms with Crippen LogP contribution in [0, 0.1) is 0 Å². The van der Waals surface area contributed by atoms with Crippen LogP contribution in [-0.4, -0.2) is 19.4 Å². The third kappa shape index (κ3) is 2.75.